The zero-order valence-electron chi connectivity index (χ0n) is 11.7. The first-order chi connectivity index (χ1) is 8.36. The van der Waals surface area contributed by atoms with Gasteiger partial charge in [-0.1, -0.05) is 6.92 Å². The molecule has 1 saturated heterocycles. The first kappa shape index (κ1) is 14.0. The van der Waals surface area contributed by atoms with Crippen molar-refractivity contribution in [3.8, 4) is 0 Å². The van der Waals surface area contributed by atoms with Crippen molar-refractivity contribution in [3.05, 3.63) is 15.6 Å². The minimum atomic E-state index is -0.653. The maximum atomic E-state index is 10.8. The predicted molar refractivity (Wildman–Crippen MR) is 74.1 cm³/mol. The van der Waals surface area contributed by atoms with Crippen molar-refractivity contribution in [2.45, 2.75) is 64.6 Å². The summed E-state index contributed by atoms with van der Waals surface area (Å²) in [6.45, 7) is 8.96. The molecule has 0 saturated carbocycles. The molecule has 1 aliphatic heterocycles. The summed E-state index contributed by atoms with van der Waals surface area (Å²) in [4.78, 5) is 5.79. The number of aliphatic hydroxyl groups is 1. The van der Waals surface area contributed by atoms with Crippen LogP contribution in [0.3, 0.4) is 0 Å². The molecule has 1 N–H and O–H groups in total. The topological polar surface area (TPSA) is 42.4 Å². The van der Waals surface area contributed by atoms with Gasteiger partial charge < -0.3 is 9.84 Å². The third-order valence-corrected chi connectivity index (χ3v) is 5.09. The largest absolute Gasteiger partial charge is 0.389 e. The molecule has 102 valence electrons. The standard InChI is InChI=1S/C14H23NO2S/c1-5-13(4)9-14(16,6-7-17-13)8-12-15-10(2)11(3)18-12/h16H,5-9H2,1-4H3. The third kappa shape index (κ3) is 2.92. The minimum absolute atomic E-state index is 0.186. The number of aryl methyl sites for hydroxylation is 2. The Hall–Kier alpha value is -0.450. The Morgan fingerprint density at radius 3 is 2.72 bits per heavy atom. The molecule has 3 nitrogen and oxygen atoms in total. The van der Waals surface area contributed by atoms with Crippen molar-refractivity contribution in [2.24, 2.45) is 0 Å². The van der Waals surface area contributed by atoms with E-state index < -0.39 is 5.60 Å². The van der Waals surface area contributed by atoms with Crippen LogP contribution in [0.5, 0.6) is 0 Å². The summed E-state index contributed by atoms with van der Waals surface area (Å²) in [5, 5.41) is 11.8. The van der Waals surface area contributed by atoms with Crippen molar-refractivity contribution in [2.75, 3.05) is 6.61 Å². The Labute approximate surface area is 113 Å². The highest BCUT2D eigenvalue weighted by Crippen LogP contribution is 2.37. The van der Waals surface area contributed by atoms with E-state index in [1.807, 2.05) is 6.92 Å². The van der Waals surface area contributed by atoms with Crippen molar-refractivity contribution in [3.63, 3.8) is 0 Å². The van der Waals surface area contributed by atoms with Crippen LogP contribution in [0.25, 0.3) is 0 Å². The van der Waals surface area contributed by atoms with E-state index in [0.717, 1.165) is 17.1 Å². The van der Waals surface area contributed by atoms with E-state index in [1.54, 1.807) is 11.3 Å². The molecular weight excluding hydrogens is 246 g/mol. The molecule has 0 amide bonds. The highest BCUT2D eigenvalue weighted by Gasteiger charge is 2.41. The number of ether oxygens (including phenoxy) is 1. The number of thiazole rings is 1. The highest BCUT2D eigenvalue weighted by atomic mass is 32.1. The maximum Gasteiger partial charge on any atom is 0.0959 e. The van der Waals surface area contributed by atoms with Crippen LogP contribution in [0.1, 0.15) is 48.7 Å². The van der Waals surface area contributed by atoms with Crippen LogP contribution in [0.15, 0.2) is 0 Å². The average Bonchev–Trinajstić information content (AvgIpc) is 2.56. The molecule has 0 aliphatic carbocycles. The lowest BCUT2D eigenvalue weighted by Gasteiger charge is -2.42. The maximum absolute atomic E-state index is 10.8. The summed E-state index contributed by atoms with van der Waals surface area (Å²) in [7, 11) is 0. The smallest absolute Gasteiger partial charge is 0.0959 e. The number of aromatic nitrogens is 1. The van der Waals surface area contributed by atoms with E-state index in [4.69, 9.17) is 4.74 Å². The molecular formula is C14H23NO2S. The second-order valence-corrected chi connectivity index (χ2v) is 7.02. The van der Waals surface area contributed by atoms with Crippen molar-refractivity contribution in [1.82, 2.24) is 4.98 Å². The summed E-state index contributed by atoms with van der Waals surface area (Å²) in [5.41, 5.74) is 0.248. The van der Waals surface area contributed by atoms with Crippen LogP contribution in [0.4, 0.5) is 0 Å². The quantitative estimate of drug-likeness (QED) is 0.917. The van der Waals surface area contributed by atoms with Gasteiger partial charge in [-0.3, -0.25) is 0 Å². The Kier molecular flexibility index (Phi) is 3.81. The zero-order chi connectivity index (χ0) is 13.4. The lowest BCUT2D eigenvalue weighted by atomic mass is 9.80. The summed E-state index contributed by atoms with van der Waals surface area (Å²) >= 11 is 1.70. The number of hydrogen-bond acceptors (Lipinski definition) is 4. The number of rotatable bonds is 3. The van der Waals surface area contributed by atoms with Crippen molar-refractivity contribution in [1.29, 1.82) is 0 Å². The monoisotopic (exact) mass is 269 g/mol. The van der Waals surface area contributed by atoms with Crippen LogP contribution in [-0.2, 0) is 11.2 Å². The zero-order valence-corrected chi connectivity index (χ0v) is 12.6. The summed E-state index contributed by atoms with van der Waals surface area (Å²) in [5.74, 6) is 0. The van der Waals surface area contributed by atoms with Crippen LogP contribution < -0.4 is 0 Å². The number of nitrogens with zero attached hydrogens (tertiary/aromatic N) is 1. The van der Waals surface area contributed by atoms with Gasteiger partial charge in [0.15, 0.2) is 0 Å². The molecule has 0 radical (unpaired) electrons. The molecule has 1 aliphatic rings. The van der Waals surface area contributed by atoms with Crippen LogP contribution in [0, 0.1) is 13.8 Å². The Bertz CT molecular complexity index is 412. The van der Waals surface area contributed by atoms with Gasteiger partial charge in [0, 0.05) is 24.1 Å². The second-order valence-electron chi connectivity index (χ2n) is 5.73. The van der Waals surface area contributed by atoms with Gasteiger partial charge >= 0.3 is 0 Å². The van der Waals surface area contributed by atoms with Crippen LogP contribution >= 0.6 is 11.3 Å². The lowest BCUT2D eigenvalue weighted by molar-refractivity contribution is -0.152. The molecule has 2 unspecified atom stereocenters. The van der Waals surface area contributed by atoms with Gasteiger partial charge in [0.05, 0.1) is 28.5 Å². The molecule has 0 aromatic carbocycles. The fourth-order valence-electron chi connectivity index (χ4n) is 2.60. The van der Waals surface area contributed by atoms with E-state index in [2.05, 4.69) is 25.8 Å². The first-order valence-corrected chi connectivity index (χ1v) is 7.47. The molecule has 0 bridgehead atoms. The summed E-state index contributed by atoms with van der Waals surface area (Å²) in [6.07, 6.45) is 3.00. The lowest BCUT2D eigenvalue weighted by Crippen LogP contribution is -2.48. The molecule has 1 aromatic rings. The van der Waals surface area contributed by atoms with Crippen molar-refractivity contribution < 1.29 is 9.84 Å². The Balaban J connectivity index is 2.11. The second kappa shape index (κ2) is 4.91. The van der Waals surface area contributed by atoms with E-state index >= 15 is 0 Å². The minimum Gasteiger partial charge on any atom is -0.389 e. The molecule has 2 heterocycles. The van der Waals surface area contributed by atoms with E-state index in [0.29, 0.717) is 25.9 Å². The fourth-order valence-corrected chi connectivity index (χ4v) is 3.67. The summed E-state index contributed by atoms with van der Waals surface area (Å²) < 4.78 is 5.80. The van der Waals surface area contributed by atoms with Gasteiger partial charge in [0.2, 0.25) is 0 Å². The Morgan fingerprint density at radius 2 is 2.17 bits per heavy atom. The molecule has 1 aromatic heterocycles. The number of hydrogen-bond donors (Lipinski definition) is 1. The average molecular weight is 269 g/mol. The first-order valence-electron chi connectivity index (χ1n) is 6.65. The summed E-state index contributed by atoms with van der Waals surface area (Å²) in [6, 6.07) is 0. The SMILES string of the molecule is CCC1(C)CC(O)(Cc2nc(C)c(C)s2)CCO1. The molecule has 2 rings (SSSR count). The normalized spacial score (nSPS) is 32.7. The van der Waals surface area contributed by atoms with Gasteiger partial charge in [-0.15, -0.1) is 11.3 Å². The van der Waals surface area contributed by atoms with Gasteiger partial charge in [-0.05, 0) is 27.2 Å². The fraction of sp³-hybridized carbons (Fsp3) is 0.786. The van der Waals surface area contributed by atoms with E-state index in [1.165, 1.54) is 4.88 Å². The predicted octanol–water partition coefficient (Wildman–Crippen LogP) is 3.01. The van der Waals surface area contributed by atoms with Gasteiger partial charge in [0.1, 0.15) is 0 Å². The molecule has 0 spiro atoms. The molecule has 2 atom stereocenters. The van der Waals surface area contributed by atoms with E-state index in [9.17, 15) is 5.11 Å². The highest BCUT2D eigenvalue weighted by molar-refractivity contribution is 7.11. The molecule has 18 heavy (non-hydrogen) atoms. The van der Waals surface area contributed by atoms with E-state index in [-0.39, 0.29) is 5.60 Å². The van der Waals surface area contributed by atoms with Crippen LogP contribution in [-0.4, -0.2) is 27.9 Å². The van der Waals surface area contributed by atoms with Gasteiger partial charge in [-0.2, -0.15) is 0 Å². The van der Waals surface area contributed by atoms with Gasteiger partial charge in [-0.25, -0.2) is 4.98 Å². The molecule has 1 fully saturated rings. The molecule has 4 heteroatoms. The Morgan fingerprint density at radius 1 is 1.44 bits per heavy atom. The van der Waals surface area contributed by atoms with Crippen molar-refractivity contribution >= 4 is 11.3 Å². The third-order valence-electron chi connectivity index (χ3n) is 4.02. The van der Waals surface area contributed by atoms with Gasteiger partial charge in [0.25, 0.3) is 0 Å². The van der Waals surface area contributed by atoms with Crippen LogP contribution in [0.2, 0.25) is 0 Å².